The lowest BCUT2D eigenvalue weighted by Crippen LogP contribution is -2.11. The monoisotopic (exact) mass is 225 g/mol. The first-order chi connectivity index (χ1) is 7.60. The molecule has 0 aromatic heterocycles. The van der Waals surface area contributed by atoms with E-state index in [4.69, 9.17) is 9.57 Å². The van der Waals surface area contributed by atoms with Crippen molar-refractivity contribution in [1.29, 1.82) is 0 Å². The molecule has 0 atom stereocenters. The van der Waals surface area contributed by atoms with Crippen molar-refractivity contribution in [3.05, 3.63) is 23.3 Å². The van der Waals surface area contributed by atoms with Crippen LogP contribution in [0.15, 0.2) is 12.1 Å². The zero-order chi connectivity index (χ0) is 12.1. The summed E-state index contributed by atoms with van der Waals surface area (Å²) in [7, 11) is 3.09. The van der Waals surface area contributed by atoms with E-state index in [0.29, 0.717) is 18.2 Å². The normalized spacial score (nSPS) is 10.8. The van der Waals surface area contributed by atoms with Crippen LogP contribution in [0.2, 0.25) is 0 Å². The highest BCUT2D eigenvalue weighted by atomic mass is 16.6. The summed E-state index contributed by atoms with van der Waals surface area (Å²) in [6, 6.07) is 3.81. The summed E-state index contributed by atoms with van der Waals surface area (Å²) >= 11 is 0. The van der Waals surface area contributed by atoms with E-state index >= 15 is 0 Å². The Bertz CT molecular complexity index is 350. The molecule has 90 valence electrons. The molecular weight excluding hydrogens is 206 g/mol. The van der Waals surface area contributed by atoms with E-state index in [1.807, 2.05) is 12.1 Å². The Hall–Kier alpha value is -1.26. The predicted molar refractivity (Wildman–Crippen MR) is 62.6 cm³/mol. The molecule has 0 aliphatic rings. The van der Waals surface area contributed by atoms with Gasteiger partial charge in [0.15, 0.2) is 11.5 Å². The zero-order valence-corrected chi connectivity index (χ0v) is 10.2. The van der Waals surface area contributed by atoms with Gasteiger partial charge in [-0.15, -0.1) is 0 Å². The predicted octanol–water partition coefficient (Wildman–Crippen LogP) is 2.18. The minimum absolute atomic E-state index is 0.163. The third-order valence-electron chi connectivity index (χ3n) is 2.47. The van der Waals surface area contributed by atoms with Crippen LogP contribution in [-0.2, 0) is 11.4 Å². The zero-order valence-electron chi connectivity index (χ0n) is 10.2. The summed E-state index contributed by atoms with van der Waals surface area (Å²) < 4.78 is 5.14. The van der Waals surface area contributed by atoms with Gasteiger partial charge in [-0.25, -0.2) is 0 Å². The van der Waals surface area contributed by atoms with Gasteiger partial charge in [-0.2, -0.15) is 5.48 Å². The van der Waals surface area contributed by atoms with Gasteiger partial charge in [0.2, 0.25) is 0 Å². The maximum absolute atomic E-state index is 9.90. The van der Waals surface area contributed by atoms with Crippen LogP contribution < -0.4 is 10.2 Å². The molecule has 4 heteroatoms. The van der Waals surface area contributed by atoms with E-state index in [1.54, 1.807) is 14.2 Å². The number of phenols is 1. The van der Waals surface area contributed by atoms with Gasteiger partial charge < -0.3 is 14.7 Å². The van der Waals surface area contributed by atoms with Gasteiger partial charge in [0.1, 0.15) is 0 Å². The number of benzene rings is 1. The first-order valence-corrected chi connectivity index (χ1v) is 5.25. The van der Waals surface area contributed by atoms with Crippen molar-refractivity contribution in [2.45, 2.75) is 26.3 Å². The van der Waals surface area contributed by atoms with Gasteiger partial charge in [-0.1, -0.05) is 19.9 Å². The molecule has 1 aromatic carbocycles. The SMILES string of the molecule is CONCc1cc(C(C)C)cc(OC)c1O. The van der Waals surface area contributed by atoms with E-state index in [2.05, 4.69) is 19.3 Å². The highest BCUT2D eigenvalue weighted by molar-refractivity contribution is 5.49. The number of hydrogen-bond acceptors (Lipinski definition) is 4. The molecule has 0 heterocycles. The lowest BCUT2D eigenvalue weighted by Gasteiger charge is -2.14. The van der Waals surface area contributed by atoms with Gasteiger partial charge in [0.25, 0.3) is 0 Å². The Balaban J connectivity index is 3.08. The second-order valence-electron chi connectivity index (χ2n) is 3.91. The maximum Gasteiger partial charge on any atom is 0.162 e. The topological polar surface area (TPSA) is 50.7 Å². The van der Waals surface area contributed by atoms with E-state index < -0.39 is 0 Å². The molecule has 0 radical (unpaired) electrons. The average molecular weight is 225 g/mol. The number of methoxy groups -OCH3 is 1. The fourth-order valence-corrected chi connectivity index (χ4v) is 1.46. The number of hydroxylamine groups is 1. The molecule has 1 rings (SSSR count). The number of rotatable bonds is 5. The summed E-state index contributed by atoms with van der Waals surface area (Å²) in [5.41, 5.74) is 4.60. The van der Waals surface area contributed by atoms with E-state index in [-0.39, 0.29) is 5.75 Å². The Morgan fingerprint density at radius 1 is 1.31 bits per heavy atom. The van der Waals surface area contributed by atoms with Crippen LogP contribution in [0.4, 0.5) is 0 Å². The van der Waals surface area contributed by atoms with E-state index in [9.17, 15) is 5.11 Å². The van der Waals surface area contributed by atoms with Crippen molar-refractivity contribution in [1.82, 2.24) is 5.48 Å². The number of phenolic OH excluding ortho intramolecular Hbond substituents is 1. The van der Waals surface area contributed by atoms with Crippen molar-refractivity contribution in [3.63, 3.8) is 0 Å². The second-order valence-corrected chi connectivity index (χ2v) is 3.91. The Labute approximate surface area is 96.1 Å². The summed E-state index contributed by atoms with van der Waals surface area (Å²) in [6.45, 7) is 4.64. The molecule has 0 saturated heterocycles. The van der Waals surface area contributed by atoms with Gasteiger partial charge in [-0.3, -0.25) is 0 Å². The van der Waals surface area contributed by atoms with Crippen molar-refractivity contribution in [2.75, 3.05) is 14.2 Å². The van der Waals surface area contributed by atoms with Gasteiger partial charge in [-0.05, 0) is 17.5 Å². The molecule has 4 nitrogen and oxygen atoms in total. The van der Waals surface area contributed by atoms with Crippen LogP contribution in [0.3, 0.4) is 0 Å². The van der Waals surface area contributed by atoms with Crippen molar-refractivity contribution >= 4 is 0 Å². The Kier molecular flexibility index (Phi) is 4.58. The lowest BCUT2D eigenvalue weighted by atomic mass is 9.99. The highest BCUT2D eigenvalue weighted by Crippen LogP contribution is 2.33. The molecule has 0 unspecified atom stereocenters. The van der Waals surface area contributed by atoms with Crippen LogP contribution in [0.25, 0.3) is 0 Å². The van der Waals surface area contributed by atoms with Gasteiger partial charge >= 0.3 is 0 Å². The fraction of sp³-hybridized carbons (Fsp3) is 0.500. The quantitative estimate of drug-likeness (QED) is 0.754. The number of aromatic hydroxyl groups is 1. The molecule has 16 heavy (non-hydrogen) atoms. The van der Waals surface area contributed by atoms with Crippen molar-refractivity contribution in [3.8, 4) is 11.5 Å². The molecule has 2 N–H and O–H groups in total. The van der Waals surface area contributed by atoms with Gasteiger partial charge in [0.05, 0.1) is 14.2 Å². The number of ether oxygens (including phenoxy) is 1. The maximum atomic E-state index is 9.90. The molecule has 0 amide bonds. The van der Waals surface area contributed by atoms with Crippen LogP contribution in [0.1, 0.15) is 30.9 Å². The van der Waals surface area contributed by atoms with Crippen LogP contribution in [0.5, 0.6) is 11.5 Å². The molecular formula is C12H19NO3. The summed E-state index contributed by atoms with van der Waals surface area (Å²) in [4.78, 5) is 4.77. The Morgan fingerprint density at radius 2 is 2.00 bits per heavy atom. The highest BCUT2D eigenvalue weighted by Gasteiger charge is 2.12. The second kappa shape index (κ2) is 5.72. The van der Waals surface area contributed by atoms with Crippen LogP contribution in [-0.4, -0.2) is 19.3 Å². The third kappa shape index (κ3) is 2.87. The van der Waals surface area contributed by atoms with Crippen LogP contribution in [0, 0.1) is 0 Å². The minimum atomic E-state index is 0.163. The lowest BCUT2D eigenvalue weighted by molar-refractivity contribution is 0.0860. The summed E-state index contributed by atoms with van der Waals surface area (Å²) in [5.74, 6) is 1.05. The van der Waals surface area contributed by atoms with E-state index in [0.717, 1.165) is 11.1 Å². The number of nitrogens with one attached hydrogen (secondary N) is 1. The molecule has 0 saturated carbocycles. The summed E-state index contributed by atoms with van der Waals surface area (Å²) in [5, 5.41) is 9.90. The van der Waals surface area contributed by atoms with E-state index in [1.165, 1.54) is 0 Å². The molecule has 0 aliphatic carbocycles. The standard InChI is InChI=1S/C12H19NO3/c1-8(2)9-5-10(7-13-16-4)12(14)11(6-9)15-3/h5-6,8,13-14H,7H2,1-4H3. The minimum Gasteiger partial charge on any atom is -0.504 e. The van der Waals surface area contributed by atoms with Crippen molar-refractivity contribution < 1.29 is 14.7 Å². The first kappa shape index (κ1) is 12.8. The molecule has 0 bridgehead atoms. The largest absolute Gasteiger partial charge is 0.504 e. The summed E-state index contributed by atoms with van der Waals surface area (Å²) in [6.07, 6.45) is 0. The van der Waals surface area contributed by atoms with Gasteiger partial charge in [0, 0.05) is 12.1 Å². The number of hydrogen-bond donors (Lipinski definition) is 2. The third-order valence-corrected chi connectivity index (χ3v) is 2.47. The molecule has 0 aliphatic heterocycles. The average Bonchev–Trinajstić information content (AvgIpc) is 2.27. The van der Waals surface area contributed by atoms with Crippen molar-refractivity contribution in [2.24, 2.45) is 0 Å². The molecule has 1 aromatic rings. The fourth-order valence-electron chi connectivity index (χ4n) is 1.46. The smallest absolute Gasteiger partial charge is 0.162 e. The first-order valence-electron chi connectivity index (χ1n) is 5.25. The molecule has 0 fully saturated rings. The molecule has 0 spiro atoms. The Morgan fingerprint density at radius 3 is 2.50 bits per heavy atom. The van der Waals surface area contributed by atoms with Crippen LogP contribution >= 0.6 is 0 Å².